The quantitative estimate of drug-likeness (QED) is 0.394. The minimum Gasteiger partial charge on any atom is -0.735 e. The Morgan fingerprint density at radius 2 is 2.18 bits per heavy atom. The maximum absolute atomic E-state index is 10.1. The third-order valence-electron chi connectivity index (χ3n) is 0.898. The second kappa shape index (κ2) is 5.33. The van der Waals surface area contributed by atoms with E-state index in [0.29, 0.717) is 5.75 Å². The van der Waals surface area contributed by atoms with Gasteiger partial charge in [-0.05, 0) is 0 Å². The molecular formula is C3H6NNaO3S3. The van der Waals surface area contributed by atoms with Crippen LogP contribution in [0.15, 0.2) is 0 Å². The summed E-state index contributed by atoms with van der Waals surface area (Å²) in [6.45, 7) is 0. The molecule has 0 amide bonds. The topological polar surface area (TPSA) is 69.2 Å². The van der Waals surface area contributed by atoms with Crippen molar-refractivity contribution in [1.82, 2.24) is 4.72 Å². The number of hydrogen-bond acceptors (Lipinski definition) is 5. The SMILES string of the molecule is O=S(=O)([O-])NC1CSCS1.[Na+]. The van der Waals surface area contributed by atoms with Crippen LogP contribution in [0, 0.1) is 0 Å². The van der Waals surface area contributed by atoms with Crippen molar-refractivity contribution in [3.05, 3.63) is 0 Å². The van der Waals surface area contributed by atoms with E-state index in [4.69, 9.17) is 0 Å². The van der Waals surface area contributed by atoms with Gasteiger partial charge >= 0.3 is 29.6 Å². The first kappa shape index (κ1) is 12.6. The summed E-state index contributed by atoms with van der Waals surface area (Å²) in [5.41, 5.74) is 0. The summed E-state index contributed by atoms with van der Waals surface area (Å²) >= 11 is 3.06. The predicted octanol–water partition coefficient (Wildman–Crippen LogP) is -3.20. The Kier molecular flexibility index (Phi) is 6.09. The van der Waals surface area contributed by atoms with Crippen molar-refractivity contribution in [1.29, 1.82) is 0 Å². The summed E-state index contributed by atoms with van der Waals surface area (Å²) in [5, 5.41) is 0.639. The van der Waals surface area contributed by atoms with Crippen LogP contribution in [0.25, 0.3) is 0 Å². The standard InChI is InChI=1S/C3H7NO3S3.Na/c5-10(6,7)4-3-1-8-2-9-3;/h3-4H,1-2H2,(H,5,6,7);/q;+1/p-1. The molecule has 1 fully saturated rings. The fraction of sp³-hybridized carbons (Fsp3) is 1.00. The molecule has 1 aliphatic rings. The van der Waals surface area contributed by atoms with Crippen molar-refractivity contribution in [3.8, 4) is 0 Å². The third-order valence-corrected chi connectivity index (χ3v) is 4.30. The molecule has 1 atom stereocenters. The zero-order chi connectivity index (χ0) is 7.61. The Bertz CT molecular complexity index is 200. The molecule has 1 aliphatic heterocycles. The summed E-state index contributed by atoms with van der Waals surface area (Å²) in [6, 6.07) is 0. The molecule has 0 saturated carbocycles. The summed E-state index contributed by atoms with van der Waals surface area (Å²) in [6.07, 6.45) is 0. The van der Waals surface area contributed by atoms with Crippen molar-refractivity contribution in [2.45, 2.75) is 5.37 Å². The van der Waals surface area contributed by atoms with Gasteiger partial charge in [0.05, 0.1) is 5.37 Å². The van der Waals surface area contributed by atoms with Gasteiger partial charge in [-0.15, -0.1) is 23.5 Å². The fourth-order valence-electron chi connectivity index (χ4n) is 0.563. The fourth-order valence-corrected chi connectivity index (χ4v) is 4.10. The molecule has 0 aromatic heterocycles. The van der Waals surface area contributed by atoms with Gasteiger partial charge in [0.1, 0.15) is 0 Å². The number of rotatable bonds is 2. The van der Waals surface area contributed by atoms with Crippen LogP contribution in [-0.4, -0.2) is 29.2 Å². The van der Waals surface area contributed by atoms with Gasteiger partial charge in [-0.3, -0.25) is 0 Å². The average Bonchev–Trinajstić information content (AvgIpc) is 2.12. The van der Waals surface area contributed by atoms with Gasteiger partial charge < -0.3 is 4.55 Å². The minimum atomic E-state index is -4.24. The van der Waals surface area contributed by atoms with Crippen molar-refractivity contribution < 1.29 is 42.5 Å². The van der Waals surface area contributed by atoms with Crippen molar-refractivity contribution in [3.63, 3.8) is 0 Å². The molecule has 1 rings (SSSR count). The summed E-state index contributed by atoms with van der Waals surface area (Å²) in [4.78, 5) is 0. The van der Waals surface area contributed by atoms with Gasteiger partial charge in [0.2, 0.25) is 0 Å². The van der Waals surface area contributed by atoms with Gasteiger partial charge in [0, 0.05) is 10.8 Å². The normalized spacial score (nSPS) is 24.6. The van der Waals surface area contributed by atoms with Gasteiger partial charge in [-0.25, -0.2) is 13.1 Å². The van der Waals surface area contributed by atoms with Gasteiger partial charge in [0.25, 0.3) is 0 Å². The molecule has 60 valence electrons. The summed E-state index contributed by atoms with van der Waals surface area (Å²) in [7, 11) is -4.24. The molecule has 0 aliphatic carbocycles. The monoisotopic (exact) mass is 223 g/mol. The molecule has 1 unspecified atom stereocenters. The van der Waals surface area contributed by atoms with Gasteiger partial charge in [0.15, 0.2) is 10.3 Å². The molecule has 0 aromatic carbocycles. The first-order valence-corrected chi connectivity index (χ1v) is 6.11. The Morgan fingerprint density at radius 3 is 2.55 bits per heavy atom. The maximum Gasteiger partial charge on any atom is 1.00 e. The van der Waals surface area contributed by atoms with Crippen LogP contribution in [0.5, 0.6) is 0 Å². The van der Waals surface area contributed by atoms with E-state index in [-0.39, 0.29) is 34.9 Å². The van der Waals surface area contributed by atoms with Gasteiger partial charge in [-0.1, -0.05) is 0 Å². The first-order valence-electron chi connectivity index (χ1n) is 2.50. The predicted molar refractivity (Wildman–Crippen MR) is 41.5 cm³/mol. The van der Waals surface area contributed by atoms with Crippen LogP contribution in [0.2, 0.25) is 0 Å². The molecule has 0 spiro atoms. The van der Waals surface area contributed by atoms with Crippen molar-refractivity contribution in [2.75, 3.05) is 10.8 Å². The summed E-state index contributed by atoms with van der Waals surface area (Å²) in [5.74, 6) is 0.687. The number of nitrogens with one attached hydrogen (secondary N) is 1. The second-order valence-corrected chi connectivity index (χ2v) is 5.45. The molecule has 0 radical (unpaired) electrons. The maximum atomic E-state index is 10.1. The smallest absolute Gasteiger partial charge is 0.735 e. The zero-order valence-electron chi connectivity index (χ0n) is 5.94. The molecule has 8 heteroatoms. The molecule has 0 bridgehead atoms. The largest absolute Gasteiger partial charge is 1.00 e. The number of hydrogen-bond donors (Lipinski definition) is 1. The van der Waals surface area contributed by atoms with Crippen LogP contribution in [0.4, 0.5) is 0 Å². The van der Waals surface area contributed by atoms with Crippen LogP contribution in [0.1, 0.15) is 0 Å². The summed E-state index contributed by atoms with van der Waals surface area (Å²) < 4.78 is 32.3. The molecule has 0 aromatic rings. The second-order valence-electron chi connectivity index (χ2n) is 1.72. The molecule has 11 heavy (non-hydrogen) atoms. The van der Waals surface area contributed by atoms with Crippen LogP contribution < -0.4 is 34.3 Å². The van der Waals surface area contributed by atoms with E-state index in [0.717, 1.165) is 5.08 Å². The van der Waals surface area contributed by atoms with Crippen LogP contribution >= 0.6 is 23.5 Å². The van der Waals surface area contributed by atoms with E-state index in [1.54, 1.807) is 11.8 Å². The Labute approximate surface area is 96.4 Å². The molecular weight excluding hydrogens is 217 g/mol. The third kappa shape index (κ3) is 5.75. The Balaban J connectivity index is 0.000001000. The average molecular weight is 223 g/mol. The van der Waals surface area contributed by atoms with Gasteiger partial charge in [-0.2, -0.15) is 0 Å². The molecule has 1 heterocycles. The Hall–Kier alpha value is 1.57. The first-order chi connectivity index (χ1) is 4.58. The van der Waals surface area contributed by atoms with Crippen molar-refractivity contribution in [2.24, 2.45) is 0 Å². The molecule has 4 nitrogen and oxygen atoms in total. The minimum absolute atomic E-state index is 0. The number of thioether (sulfide) groups is 2. The van der Waals surface area contributed by atoms with E-state index in [1.165, 1.54) is 11.8 Å². The van der Waals surface area contributed by atoms with Crippen LogP contribution in [0.3, 0.4) is 0 Å². The van der Waals surface area contributed by atoms with Crippen molar-refractivity contribution >= 4 is 33.8 Å². The van der Waals surface area contributed by atoms with E-state index in [1.807, 2.05) is 4.72 Å². The van der Waals surface area contributed by atoms with E-state index in [2.05, 4.69) is 0 Å². The van der Waals surface area contributed by atoms with E-state index in [9.17, 15) is 13.0 Å². The molecule has 1 N–H and O–H groups in total. The Morgan fingerprint density at radius 1 is 1.55 bits per heavy atom. The van der Waals surface area contributed by atoms with E-state index < -0.39 is 10.3 Å². The van der Waals surface area contributed by atoms with E-state index >= 15 is 0 Å². The van der Waals surface area contributed by atoms with Crippen LogP contribution in [-0.2, 0) is 10.3 Å². The zero-order valence-corrected chi connectivity index (χ0v) is 10.4. The molecule has 1 saturated heterocycles.